The lowest BCUT2D eigenvalue weighted by molar-refractivity contribution is 0.136. The summed E-state index contributed by atoms with van der Waals surface area (Å²) in [7, 11) is 0. The van der Waals surface area contributed by atoms with Gasteiger partial charge in [-0.15, -0.1) is 0 Å². The molecule has 11 heavy (non-hydrogen) atoms. The molecule has 1 aliphatic heterocycles. The Balaban J connectivity index is 2.43. The fourth-order valence-electron chi connectivity index (χ4n) is 1.23. The molecule has 5 heteroatoms. The summed E-state index contributed by atoms with van der Waals surface area (Å²) in [6, 6.07) is 0. The lowest BCUT2D eigenvalue weighted by Crippen LogP contribution is -2.26. The number of rotatable bonds is 1. The second-order valence-corrected chi connectivity index (χ2v) is 2.96. The third kappa shape index (κ3) is 2.73. The van der Waals surface area contributed by atoms with Crippen LogP contribution in [0.3, 0.4) is 0 Å². The molecule has 1 unspecified atom stereocenters. The highest BCUT2D eigenvalue weighted by atomic mass is 19.4. The van der Waals surface area contributed by atoms with Crippen molar-refractivity contribution in [2.45, 2.75) is 25.1 Å². The predicted octanol–water partition coefficient (Wildman–Crippen LogP) is 2.40. The van der Waals surface area contributed by atoms with Gasteiger partial charge in [0.2, 0.25) is 0 Å². The summed E-state index contributed by atoms with van der Waals surface area (Å²) in [6.07, 6.45) is 1.66. The number of halogens is 3. The molecule has 0 aliphatic carbocycles. The molecule has 0 bridgehead atoms. The van der Waals surface area contributed by atoms with E-state index in [2.05, 4.69) is 0 Å². The monoisotopic (exact) mass is 167 g/mol. The normalized spacial score (nSPS) is 28.1. The first kappa shape index (κ1) is 8.91. The van der Waals surface area contributed by atoms with Gasteiger partial charge in [0.05, 0.1) is 0 Å². The Labute approximate surface area is 64.0 Å². The van der Waals surface area contributed by atoms with E-state index in [9.17, 15) is 12.9 Å². The van der Waals surface area contributed by atoms with Crippen molar-refractivity contribution in [3.8, 4) is 0 Å². The maximum absolute atomic E-state index is 12.1. The molecule has 1 aliphatic rings. The molecule has 1 fully saturated rings. The molecule has 0 spiro atoms. The molecule has 1 rings (SSSR count). The third-order valence-electron chi connectivity index (χ3n) is 1.98. The van der Waals surface area contributed by atoms with Crippen LogP contribution in [0.4, 0.5) is 12.9 Å². The van der Waals surface area contributed by atoms with Crippen LogP contribution < -0.4 is 0 Å². The first-order chi connectivity index (χ1) is 5.11. The summed E-state index contributed by atoms with van der Waals surface area (Å²) in [5.41, 5.74) is 0. The van der Waals surface area contributed by atoms with E-state index in [0.29, 0.717) is 13.0 Å². The van der Waals surface area contributed by atoms with Gasteiger partial charge >= 0.3 is 6.98 Å². The van der Waals surface area contributed by atoms with Crippen LogP contribution in [0.5, 0.6) is 0 Å². The third-order valence-corrected chi connectivity index (χ3v) is 1.98. The van der Waals surface area contributed by atoms with Gasteiger partial charge in [-0.1, -0.05) is 12.8 Å². The standard InChI is InChI=1S/C6H11BF3O/c8-7(9,10)6-3-1-2-4-11-5-6/h6H,1-5H2/q-1. The lowest BCUT2D eigenvalue weighted by Gasteiger charge is -2.24. The molecule has 0 aromatic rings. The Hall–Kier alpha value is -0.185. The average molecular weight is 167 g/mol. The molecule has 0 radical (unpaired) electrons. The molecule has 1 heterocycles. The zero-order chi connectivity index (χ0) is 8.32. The van der Waals surface area contributed by atoms with Gasteiger partial charge in [0.1, 0.15) is 0 Å². The molecule has 0 aromatic heterocycles. The molecule has 0 saturated carbocycles. The molecule has 66 valence electrons. The van der Waals surface area contributed by atoms with Crippen molar-refractivity contribution in [2.24, 2.45) is 0 Å². The fraction of sp³-hybridized carbons (Fsp3) is 1.00. The summed E-state index contributed by atoms with van der Waals surface area (Å²) < 4.78 is 41.1. The largest absolute Gasteiger partial charge is 0.483 e. The minimum Gasteiger partial charge on any atom is -0.449 e. The van der Waals surface area contributed by atoms with Crippen molar-refractivity contribution in [2.75, 3.05) is 13.2 Å². The van der Waals surface area contributed by atoms with E-state index in [0.717, 1.165) is 6.42 Å². The Morgan fingerprint density at radius 3 is 2.55 bits per heavy atom. The van der Waals surface area contributed by atoms with Gasteiger partial charge in [-0.05, 0) is 12.2 Å². The van der Waals surface area contributed by atoms with Crippen molar-refractivity contribution in [3.05, 3.63) is 0 Å². The van der Waals surface area contributed by atoms with E-state index in [1.54, 1.807) is 0 Å². The van der Waals surface area contributed by atoms with Gasteiger partial charge in [0, 0.05) is 13.2 Å². The second kappa shape index (κ2) is 3.47. The van der Waals surface area contributed by atoms with Crippen LogP contribution in [0.1, 0.15) is 19.3 Å². The van der Waals surface area contributed by atoms with Gasteiger partial charge < -0.3 is 17.7 Å². The first-order valence-electron chi connectivity index (χ1n) is 3.88. The number of ether oxygens (including phenoxy) is 1. The van der Waals surface area contributed by atoms with Crippen LogP contribution >= 0.6 is 0 Å². The van der Waals surface area contributed by atoms with Gasteiger partial charge in [-0.2, -0.15) is 0 Å². The molecule has 0 N–H and O–H groups in total. The summed E-state index contributed by atoms with van der Waals surface area (Å²) in [4.78, 5) is 0. The Bertz CT molecular complexity index is 117. The van der Waals surface area contributed by atoms with Gasteiger partial charge in [-0.3, -0.25) is 0 Å². The Kier molecular flexibility index (Phi) is 2.81. The van der Waals surface area contributed by atoms with Crippen LogP contribution in [-0.4, -0.2) is 20.2 Å². The van der Waals surface area contributed by atoms with Crippen LogP contribution in [0.2, 0.25) is 5.82 Å². The smallest absolute Gasteiger partial charge is 0.449 e. The molecule has 1 saturated heterocycles. The van der Waals surface area contributed by atoms with Crippen molar-refractivity contribution >= 4 is 6.98 Å². The summed E-state index contributed by atoms with van der Waals surface area (Å²) >= 11 is 0. The van der Waals surface area contributed by atoms with E-state index in [4.69, 9.17) is 4.74 Å². The van der Waals surface area contributed by atoms with Crippen LogP contribution in [0.25, 0.3) is 0 Å². The van der Waals surface area contributed by atoms with E-state index < -0.39 is 12.8 Å². The number of hydrogen-bond donors (Lipinski definition) is 0. The minimum atomic E-state index is -4.67. The van der Waals surface area contributed by atoms with E-state index in [1.165, 1.54) is 0 Å². The molecule has 1 nitrogen and oxygen atoms in total. The maximum Gasteiger partial charge on any atom is 0.483 e. The van der Waals surface area contributed by atoms with Crippen molar-refractivity contribution in [1.82, 2.24) is 0 Å². The summed E-state index contributed by atoms with van der Waals surface area (Å²) in [5.74, 6) is -1.17. The molecule has 1 atom stereocenters. The van der Waals surface area contributed by atoms with E-state index in [1.807, 2.05) is 0 Å². The maximum atomic E-state index is 12.1. The van der Waals surface area contributed by atoms with Crippen LogP contribution in [-0.2, 0) is 4.74 Å². The first-order valence-corrected chi connectivity index (χ1v) is 3.88. The molecular formula is C6H11BF3O-. The summed E-state index contributed by atoms with van der Waals surface area (Å²) in [6.45, 7) is -4.30. The average Bonchev–Trinajstić information content (AvgIpc) is 2.10. The van der Waals surface area contributed by atoms with Gasteiger partial charge in [0.25, 0.3) is 0 Å². The summed E-state index contributed by atoms with van der Waals surface area (Å²) in [5, 5.41) is 0. The molecule has 0 aromatic carbocycles. The quantitative estimate of drug-likeness (QED) is 0.544. The topological polar surface area (TPSA) is 9.23 Å². The minimum absolute atomic E-state index is 0.122. The highest BCUT2D eigenvalue weighted by Crippen LogP contribution is 2.32. The second-order valence-electron chi connectivity index (χ2n) is 2.96. The van der Waals surface area contributed by atoms with Crippen molar-refractivity contribution in [3.63, 3.8) is 0 Å². The van der Waals surface area contributed by atoms with E-state index >= 15 is 0 Å². The fourth-order valence-corrected chi connectivity index (χ4v) is 1.23. The molecular weight excluding hydrogens is 156 g/mol. The van der Waals surface area contributed by atoms with E-state index in [-0.39, 0.29) is 13.0 Å². The zero-order valence-corrected chi connectivity index (χ0v) is 6.23. The predicted molar refractivity (Wildman–Crippen MR) is 37.5 cm³/mol. The molecule has 0 amide bonds. The highest BCUT2D eigenvalue weighted by molar-refractivity contribution is 6.60. The SMILES string of the molecule is F[B-](F)(F)C1CCCCOC1. The lowest BCUT2D eigenvalue weighted by atomic mass is 9.71. The number of hydrogen-bond acceptors (Lipinski definition) is 1. The van der Waals surface area contributed by atoms with Crippen molar-refractivity contribution < 1.29 is 17.7 Å². The van der Waals surface area contributed by atoms with Crippen molar-refractivity contribution in [1.29, 1.82) is 0 Å². The Morgan fingerprint density at radius 2 is 1.91 bits per heavy atom. The van der Waals surface area contributed by atoms with Gasteiger partial charge in [0.15, 0.2) is 0 Å². The zero-order valence-electron chi connectivity index (χ0n) is 6.23. The van der Waals surface area contributed by atoms with Crippen LogP contribution in [0.15, 0.2) is 0 Å². The highest BCUT2D eigenvalue weighted by Gasteiger charge is 2.34. The Morgan fingerprint density at radius 1 is 1.18 bits per heavy atom. The van der Waals surface area contributed by atoms with Crippen LogP contribution in [0, 0.1) is 0 Å². The van der Waals surface area contributed by atoms with Gasteiger partial charge in [-0.25, -0.2) is 0 Å².